The molecule has 0 rings (SSSR count). The second-order valence-corrected chi connectivity index (χ2v) is 3.78. The molecule has 0 saturated heterocycles. The van der Waals surface area contributed by atoms with Gasteiger partial charge >= 0.3 is 0 Å². The molecule has 0 heterocycles. The summed E-state index contributed by atoms with van der Waals surface area (Å²) in [5.41, 5.74) is 0. The van der Waals surface area contributed by atoms with Crippen molar-refractivity contribution in [3.05, 3.63) is 0 Å². The SMILES string of the molecule is CC(C)CC(C)NC[C@H](O)CO. The molecule has 0 spiro atoms. The van der Waals surface area contributed by atoms with Gasteiger partial charge in [-0.05, 0) is 19.3 Å². The second kappa shape index (κ2) is 6.40. The summed E-state index contributed by atoms with van der Waals surface area (Å²) < 4.78 is 0. The van der Waals surface area contributed by atoms with Crippen LogP contribution in [0.4, 0.5) is 0 Å². The van der Waals surface area contributed by atoms with Crippen molar-refractivity contribution in [1.29, 1.82) is 0 Å². The summed E-state index contributed by atoms with van der Waals surface area (Å²) in [6, 6.07) is 0.409. The fraction of sp³-hybridized carbons (Fsp3) is 1.00. The van der Waals surface area contributed by atoms with Crippen LogP contribution in [0.25, 0.3) is 0 Å². The molecular weight excluding hydrogens is 154 g/mol. The average molecular weight is 175 g/mol. The molecular formula is C9H21NO2. The molecule has 12 heavy (non-hydrogen) atoms. The Labute approximate surface area is 74.8 Å². The molecule has 0 fully saturated rings. The zero-order valence-corrected chi connectivity index (χ0v) is 8.25. The van der Waals surface area contributed by atoms with E-state index >= 15 is 0 Å². The Bertz CT molecular complexity index is 107. The van der Waals surface area contributed by atoms with E-state index in [9.17, 15) is 0 Å². The van der Waals surface area contributed by atoms with Gasteiger partial charge in [-0.15, -0.1) is 0 Å². The van der Waals surface area contributed by atoms with Gasteiger partial charge in [0.2, 0.25) is 0 Å². The van der Waals surface area contributed by atoms with Crippen molar-refractivity contribution in [2.24, 2.45) is 5.92 Å². The Morgan fingerprint density at radius 1 is 1.25 bits per heavy atom. The van der Waals surface area contributed by atoms with Crippen molar-refractivity contribution in [1.82, 2.24) is 5.32 Å². The molecule has 0 aliphatic rings. The van der Waals surface area contributed by atoms with Gasteiger partial charge in [0.05, 0.1) is 12.7 Å². The zero-order valence-electron chi connectivity index (χ0n) is 8.25. The van der Waals surface area contributed by atoms with Gasteiger partial charge in [-0.1, -0.05) is 13.8 Å². The quantitative estimate of drug-likeness (QED) is 0.546. The van der Waals surface area contributed by atoms with Crippen molar-refractivity contribution < 1.29 is 10.2 Å². The Kier molecular flexibility index (Phi) is 6.34. The van der Waals surface area contributed by atoms with Crippen LogP contribution in [0.1, 0.15) is 27.2 Å². The van der Waals surface area contributed by atoms with E-state index in [1.54, 1.807) is 0 Å². The molecule has 3 heteroatoms. The summed E-state index contributed by atoms with van der Waals surface area (Å²) in [7, 11) is 0. The van der Waals surface area contributed by atoms with Gasteiger partial charge in [0, 0.05) is 12.6 Å². The summed E-state index contributed by atoms with van der Waals surface area (Å²) in [6.07, 6.45) is 0.470. The molecule has 0 aromatic heterocycles. The van der Waals surface area contributed by atoms with Gasteiger partial charge in [-0.25, -0.2) is 0 Å². The minimum atomic E-state index is -0.625. The van der Waals surface area contributed by atoms with E-state index in [2.05, 4.69) is 26.1 Å². The van der Waals surface area contributed by atoms with E-state index < -0.39 is 6.10 Å². The zero-order chi connectivity index (χ0) is 9.56. The van der Waals surface area contributed by atoms with Crippen molar-refractivity contribution >= 4 is 0 Å². The molecule has 74 valence electrons. The molecule has 0 aromatic rings. The summed E-state index contributed by atoms with van der Waals surface area (Å²) in [6.45, 7) is 6.73. The van der Waals surface area contributed by atoms with Crippen LogP contribution in [0, 0.1) is 5.92 Å². The average Bonchev–Trinajstić information content (AvgIpc) is 1.99. The second-order valence-electron chi connectivity index (χ2n) is 3.78. The lowest BCUT2D eigenvalue weighted by Crippen LogP contribution is -2.36. The van der Waals surface area contributed by atoms with Crippen LogP contribution in [0.15, 0.2) is 0 Å². The largest absolute Gasteiger partial charge is 0.394 e. The minimum absolute atomic E-state index is 0.165. The summed E-state index contributed by atoms with van der Waals surface area (Å²) in [5.74, 6) is 0.666. The highest BCUT2D eigenvalue weighted by atomic mass is 16.3. The van der Waals surface area contributed by atoms with Gasteiger partial charge in [0.1, 0.15) is 0 Å². The van der Waals surface area contributed by atoms with Gasteiger partial charge in [0.25, 0.3) is 0 Å². The van der Waals surface area contributed by atoms with E-state index in [1.165, 1.54) is 0 Å². The first-order valence-electron chi connectivity index (χ1n) is 4.58. The third-order valence-corrected chi connectivity index (χ3v) is 1.74. The third kappa shape index (κ3) is 6.58. The molecule has 0 aromatic carbocycles. The van der Waals surface area contributed by atoms with Crippen LogP contribution in [0.3, 0.4) is 0 Å². The van der Waals surface area contributed by atoms with E-state index in [1.807, 2.05) is 0 Å². The Balaban J connectivity index is 3.36. The topological polar surface area (TPSA) is 52.5 Å². The monoisotopic (exact) mass is 175 g/mol. The lowest BCUT2D eigenvalue weighted by molar-refractivity contribution is 0.0917. The molecule has 0 saturated carbocycles. The van der Waals surface area contributed by atoms with Crippen molar-refractivity contribution in [3.8, 4) is 0 Å². The van der Waals surface area contributed by atoms with Crippen LogP contribution >= 0.6 is 0 Å². The molecule has 2 atom stereocenters. The lowest BCUT2D eigenvalue weighted by atomic mass is 10.1. The molecule has 0 radical (unpaired) electrons. The van der Waals surface area contributed by atoms with Crippen LogP contribution < -0.4 is 5.32 Å². The first-order valence-corrected chi connectivity index (χ1v) is 4.58. The molecule has 1 unspecified atom stereocenters. The standard InChI is InChI=1S/C9H21NO2/c1-7(2)4-8(3)10-5-9(12)6-11/h7-12H,4-6H2,1-3H3/t8?,9-/m0/s1. The van der Waals surface area contributed by atoms with Crippen LogP contribution in [0.5, 0.6) is 0 Å². The summed E-state index contributed by atoms with van der Waals surface area (Å²) in [4.78, 5) is 0. The maximum absolute atomic E-state index is 9.03. The highest BCUT2D eigenvalue weighted by molar-refractivity contribution is 4.65. The fourth-order valence-corrected chi connectivity index (χ4v) is 1.19. The molecule has 0 aliphatic heterocycles. The molecule has 0 amide bonds. The number of hydrogen-bond donors (Lipinski definition) is 3. The Morgan fingerprint density at radius 2 is 1.83 bits per heavy atom. The van der Waals surface area contributed by atoms with Crippen molar-refractivity contribution in [2.75, 3.05) is 13.2 Å². The van der Waals surface area contributed by atoms with Gasteiger partial charge < -0.3 is 15.5 Å². The number of aliphatic hydroxyl groups is 2. The highest BCUT2D eigenvalue weighted by Gasteiger charge is 2.06. The Hall–Kier alpha value is -0.120. The van der Waals surface area contributed by atoms with E-state index in [-0.39, 0.29) is 6.61 Å². The van der Waals surface area contributed by atoms with Crippen molar-refractivity contribution in [2.45, 2.75) is 39.3 Å². The fourth-order valence-electron chi connectivity index (χ4n) is 1.19. The molecule has 0 bridgehead atoms. The normalized spacial score (nSPS) is 16.5. The van der Waals surface area contributed by atoms with Crippen molar-refractivity contribution in [3.63, 3.8) is 0 Å². The number of aliphatic hydroxyl groups excluding tert-OH is 2. The maximum atomic E-state index is 9.03. The minimum Gasteiger partial charge on any atom is -0.394 e. The van der Waals surface area contributed by atoms with Crippen LogP contribution in [0.2, 0.25) is 0 Å². The Morgan fingerprint density at radius 3 is 2.25 bits per heavy atom. The van der Waals surface area contributed by atoms with E-state index in [4.69, 9.17) is 10.2 Å². The predicted octanol–water partition coefficient (Wildman–Crippen LogP) is 0.364. The van der Waals surface area contributed by atoms with Crippen LogP contribution in [-0.4, -0.2) is 35.5 Å². The third-order valence-electron chi connectivity index (χ3n) is 1.74. The first-order chi connectivity index (χ1) is 5.56. The van der Waals surface area contributed by atoms with Crippen LogP contribution in [-0.2, 0) is 0 Å². The smallest absolute Gasteiger partial charge is 0.0895 e. The number of rotatable bonds is 6. The van der Waals surface area contributed by atoms with Gasteiger partial charge in [-0.2, -0.15) is 0 Å². The lowest BCUT2D eigenvalue weighted by Gasteiger charge is -2.17. The number of hydrogen-bond acceptors (Lipinski definition) is 3. The molecule has 3 nitrogen and oxygen atoms in total. The summed E-state index contributed by atoms with van der Waals surface area (Å²) in [5, 5.41) is 20.7. The first kappa shape index (κ1) is 11.9. The molecule has 3 N–H and O–H groups in total. The summed E-state index contributed by atoms with van der Waals surface area (Å²) >= 11 is 0. The van der Waals surface area contributed by atoms with Gasteiger partial charge in [0.15, 0.2) is 0 Å². The number of nitrogens with one attached hydrogen (secondary N) is 1. The maximum Gasteiger partial charge on any atom is 0.0895 e. The molecule has 0 aliphatic carbocycles. The predicted molar refractivity (Wildman–Crippen MR) is 50.0 cm³/mol. The highest BCUT2D eigenvalue weighted by Crippen LogP contribution is 2.03. The van der Waals surface area contributed by atoms with E-state index in [0.29, 0.717) is 18.5 Å². The van der Waals surface area contributed by atoms with E-state index in [0.717, 1.165) is 6.42 Å². The van der Waals surface area contributed by atoms with Gasteiger partial charge in [-0.3, -0.25) is 0 Å².